The first-order valence-corrected chi connectivity index (χ1v) is 5.69. The van der Waals surface area contributed by atoms with Crippen LogP contribution in [0.4, 0.5) is 18.9 Å². The van der Waals surface area contributed by atoms with Crippen molar-refractivity contribution in [2.45, 2.75) is 10.4 Å². The second-order valence-electron chi connectivity index (χ2n) is 2.82. The molecule has 94 valence electrons. The van der Waals surface area contributed by atoms with E-state index < -0.39 is 30.9 Å². The van der Waals surface area contributed by atoms with Crippen LogP contribution in [0, 0.1) is 10.1 Å². The van der Waals surface area contributed by atoms with Crippen molar-refractivity contribution in [1.29, 1.82) is 0 Å². The van der Waals surface area contributed by atoms with Crippen molar-refractivity contribution in [3.05, 3.63) is 33.3 Å². The zero-order chi connectivity index (χ0) is 13.4. The molecule has 0 unspecified atom stereocenters. The van der Waals surface area contributed by atoms with Gasteiger partial charge in [-0.2, -0.15) is 13.2 Å². The number of benzene rings is 1. The fourth-order valence-electron chi connectivity index (χ4n) is 0.985. The Morgan fingerprint density at radius 2 is 1.82 bits per heavy atom. The number of hydrogen-bond acceptors (Lipinski definition) is 4. The van der Waals surface area contributed by atoms with Gasteiger partial charge in [0.25, 0.3) is 15.5 Å². The number of halogens is 4. The number of hydrogen-bond donors (Lipinski definition) is 0. The quantitative estimate of drug-likeness (QED) is 0.619. The maximum atomic E-state index is 12.2. The van der Waals surface area contributed by atoms with Crippen molar-refractivity contribution in [3.63, 3.8) is 0 Å². The maximum Gasteiger partial charge on any atom is 0.502 e. The van der Waals surface area contributed by atoms with Crippen molar-refractivity contribution in [2.24, 2.45) is 0 Å². The molecule has 1 rings (SSSR count). The van der Waals surface area contributed by atoms with Gasteiger partial charge in [0.1, 0.15) is 0 Å². The lowest BCUT2D eigenvalue weighted by Crippen LogP contribution is -2.24. The van der Waals surface area contributed by atoms with E-state index in [1.807, 2.05) is 0 Å². The van der Waals surface area contributed by atoms with E-state index >= 15 is 0 Å². The highest BCUT2D eigenvalue weighted by molar-refractivity contribution is 7.92. The molecular formula is C7H3ClF3NO4S. The third-order valence-electron chi connectivity index (χ3n) is 1.71. The summed E-state index contributed by atoms with van der Waals surface area (Å²) in [6.45, 7) is 0. The summed E-state index contributed by atoms with van der Waals surface area (Å²) in [6.07, 6.45) is 0. The van der Waals surface area contributed by atoms with E-state index in [-0.39, 0.29) is 5.02 Å². The van der Waals surface area contributed by atoms with Gasteiger partial charge in [0.15, 0.2) is 4.90 Å². The Kier molecular flexibility index (Phi) is 3.35. The zero-order valence-electron chi connectivity index (χ0n) is 7.73. The van der Waals surface area contributed by atoms with Crippen LogP contribution in [-0.2, 0) is 9.84 Å². The fourth-order valence-corrected chi connectivity index (χ4v) is 2.06. The summed E-state index contributed by atoms with van der Waals surface area (Å²) in [6, 6.07) is 1.82. The zero-order valence-corrected chi connectivity index (χ0v) is 9.30. The Hall–Kier alpha value is -1.35. The molecule has 17 heavy (non-hydrogen) atoms. The Morgan fingerprint density at radius 3 is 2.24 bits per heavy atom. The molecule has 0 aromatic heterocycles. The third kappa shape index (κ3) is 2.50. The van der Waals surface area contributed by atoms with Gasteiger partial charge in [-0.05, 0) is 12.1 Å². The molecular weight excluding hydrogens is 287 g/mol. The van der Waals surface area contributed by atoms with Gasteiger partial charge >= 0.3 is 5.51 Å². The van der Waals surface area contributed by atoms with Crippen LogP contribution < -0.4 is 0 Å². The van der Waals surface area contributed by atoms with Crippen molar-refractivity contribution in [3.8, 4) is 0 Å². The molecule has 0 atom stereocenters. The van der Waals surface area contributed by atoms with Crippen LogP contribution in [0.2, 0.25) is 5.02 Å². The summed E-state index contributed by atoms with van der Waals surface area (Å²) >= 11 is 5.34. The summed E-state index contributed by atoms with van der Waals surface area (Å²) in [5.41, 5.74) is -6.82. The van der Waals surface area contributed by atoms with Crippen molar-refractivity contribution < 1.29 is 26.5 Å². The van der Waals surface area contributed by atoms with E-state index in [0.29, 0.717) is 12.1 Å². The maximum absolute atomic E-state index is 12.2. The highest BCUT2D eigenvalue weighted by Gasteiger charge is 2.49. The van der Waals surface area contributed by atoms with Crippen LogP contribution >= 0.6 is 11.6 Å². The van der Waals surface area contributed by atoms with Crippen LogP contribution in [0.25, 0.3) is 0 Å². The molecule has 0 radical (unpaired) electrons. The predicted octanol–water partition coefficient (Wildman–Crippen LogP) is 2.54. The lowest BCUT2D eigenvalue weighted by molar-refractivity contribution is -0.387. The molecule has 0 amide bonds. The van der Waals surface area contributed by atoms with E-state index in [1.165, 1.54) is 0 Å². The first-order chi connectivity index (χ1) is 7.57. The Bertz CT molecular complexity index is 569. The Morgan fingerprint density at radius 1 is 1.29 bits per heavy atom. The van der Waals surface area contributed by atoms with Gasteiger partial charge in [-0.3, -0.25) is 10.1 Å². The van der Waals surface area contributed by atoms with E-state index in [4.69, 9.17) is 11.6 Å². The number of nitro groups is 1. The molecule has 10 heteroatoms. The molecule has 0 heterocycles. The average molecular weight is 290 g/mol. The van der Waals surface area contributed by atoms with Crippen LogP contribution in [0.1, 0.15) is 0 Å². The van der Waals surface area contributed by atoms with Crippen LogP contribution in [-0.4, -0.2) is 18.8 Å². The molecule has 0 saturated carbocycles. The van der Waals surface area contributed by atoms with E-state index in [1.54, 1.807) is 0 Å². The molecule has 0 aliphatic carbocycles. The van der Waals surface area contributed by atoms with Crippen LogP contribution in [0.3, 0.4) is 0 Å². The Balaban J connectivity index is 3.59. The molecule has 5 nitrogen and oxygen atoms in total. The van der Waals surface area contributed by atoms with Gasteiger partial charge in [0.05, 0.1) is 4.92 Å². The summed E-state index contributed by atoms with van der Waals surface area (Å²) in [5, 5.41) is 10.2. The molecule has 0 spiro atoms. The minimum Gasteiger partial charge on any atom is -0.258 e. The topological polar surface area (TPSA) is 77.3 Å². The van der Waals surface area contributed by atoms with Gasteiger partial charge in [0.2, 0.25) is 0 Å². The number of rotatable bonds is 2. The van der Waals surface area contributed by atoms with Gasteiger partial charge in [-0.25, -0.2) is 8.42 Å². The van der Waals surface area contributed by atoms with E-state index in [2.05, 4.69) is 0 Å². The highest BCUT2D eigenvalue weighted by Crippen LogP contribution is 2.36. The lowest BCUT2D eigenvalue weighted by atomic mass is 10.3. The molecule has 0 aliphatic rings. The minimum absolute atomic E-state index is 0.238. The smallest absolute Gasteiger partial charge is 0.258 e. The average Bonchev–Trinajstić information content (AvgIpc) is 2.15. The normalized spacial score (nSPS) is 12.5. The van der Waals surface area contributed by atoms with Gasteiger partial charge in [0, 0.05) is 11.1 Å². The number of nitrogens with zero attached hydrogens (tertiary/aromatic N) is 1. The molecule has 0 N–H and O–H groups in total. The third-order valence-corrected chi connectivity index (χ3v) is 3.48. The Labute approximate surface area is 97.9 Å². The number of sulfone groups is 1. The first kappa shape index (κ1) is 13.7. The first-order valence-electron chi connectivity index (χ1n) is 3.82. The van der Waals surface area contributed by atoms with Gasteiger partial charge in [-0.1, -0.05) is 11.6 Å². The molecule has 0 saturated heterocycles. The second-order valence-corrected chi connectivity index (χ2v) is 5.16. The van der Waals surface area contributed by atoms with Gasteiger partial charge < -0.3 is 0 Å². The SMILES string of the molecule is O=[N+]([O-])c1cc(Cl)ccc1S(=O)(=O)C(F)(F)F. The monoisotopic (exact) mass is 289 g/mol. The minimum atomic E-state index is -5.77. The number of alkyl halides is 3. The standard InChI is InChI=1S/C7H3ClF3NO4S/c8-4-1-2-6(5(3-4)12(13)14)17(15,16)7(9,10)11/h1-3H. The van der Waals surface area contributed by atoms with Crippen molar-refractivity contribution >= 4 is 27.1 Å². The molecule has 1 aromatic carbocycles. The van der Waals surface area contributed by atoms with E-state index in [9.17, 15) is 31.7 Å². The number of nitro benzene ring substituents is 1. The summed E-state index contributed by atoms with van der Waals surface area (Å²) < 4.78 is 58.7. The highest BCUT2D eigenvalue weighted by atomic mass is 35.5. The van der Waals surface area contributed by atoms with Gasteiger partial charge in [-0.15, -0.1) is 0 Å². The lowest BCUT2D eigenvalue weighted by Gasteiger charge is -2.08. The largest absolute Gasteiger partial charge is 0.502 e. The summed E-state index contributed by atoms with van der Waals surface area (Å²) in [7, 11) is -5.77. The molecule has 0 aliphatic heterocycles. The van der Waals surface area contributed by atoms with Crippen LogP contribution in [0.15, 0.2) is 23.1 Å². The molecule has 1 aromatic rings. The molecule has 0 fully saturated rings. The van der Waals surface area contributed by atoms with Crippen molar-refractivity contribution in [2.75, 3.05) is 0 Å². The summed E-state index contributed by atoms with van der Waals surface area (Å²) in [4.78, 5) is 7.79. The predicted molar refractivity (Wildman–Crippen MR) is 51.3 cm³/mol. The molecule has 0 bridgehead atoms. The van der Waals surface area contributed by atoms with Crippen LogP contribution in [0.5, 0.6) is 0 Å². The second kappa shape index (κ2) is 4.15. The van der Waals surface area contributed by atoms with Crippen molar-refractivity contribution in [1.82, 2.24) is 0 Å². The van der Waals surface area contributed by atoms with E-state index in [0.717, 1.165) is 6.07 Å². The summed E-state index contributed by atoms with van der Waals surface area (Å²) in [5.74, 6) is 0. The fraction of sp³-hybridized carbons (Fsp3) is 0.143.